The molecule has 0 unspecified atom stereocenters. The number of H-pyrrole nitrogens is 1. The minimum atomic E-state index is -0.278. The molecule has 2 heterocycles. The molecular formula is C24H29N3O4. The zero-order valence-electron chi connectivity index (χ0n) is 17.7. The van der Waals surface area contributed by atoms with Crippen molar-refractivity contribution >= 4 is 11.8 Å². The third-order valence-electron chi connectivity index (χ3n) is 6.13. The molecule has 0 radical (unpaired) electrons. The summed E-state index contributed by atoms with van der Waals surface area (Å²) in [5.41, 5.74) is 1.15. The number of carbonyl (C=O) groups is 2. The molecule has 0 spiro atoms. The first-order chi connectivity index (χ1) is 15.1. The molecule has 1 saturated carbocycles. The summed E-state index contributed by atoms with van der Waals surface area (Å²) in [6.45, 7) is 1.28. The van der Waals surface area contributed by atoms with Crippen LogP contribution in [0, 0.1) is 0 Å². The summed E-state index contributed by atoms with van der Waals surface area (Å²) in [5, 5.41) is 0. The summed E-state index contributed by atoms with van der Waals surface area (Å²) in [6.07, 6.45) is 6.60. The first-order valence-corrected chi connectivity index (χ1v) is 11.0. The molecular weight excluding hydrogens is 394 g/mol. The number of carbonyl (C=O) groups excluding carboxylic acids is 2. The van der Waals surface area contributed by atoms with Crippen molar-refractivity contribution in [3.05, 3.63) is 70.1 Å². The van der Waals surface area contributed by atoms with Gasteiger partial charge in [-0.2, -0.15) is 0 Å². The van der Waals surface area contributed by atoms with E-state index >= 15 is 0 Å². The molecule has 1 aromatic heterocycles. The fourth-order valence-electron chi connectivity index (χ4n) is 4.46. The van der Waals surface area contributed by atoms with Crippen LogP contribution in [0.1, 0.15) is 48.0 Å². The van der Waals surface area contributed by atoms with Crippen molar-refractivity contribution in [3.8, 4) is 0 Å². The number of amides is 2. The van der Waals surface area contributed by atoms with Gasteiger partial charge in [0.15, 0.2) is 0 Å². The maximum absolute atomic E-state index is 13.2. The van der Waals surface area contributed by atoms with Crippen LogP contribution in [-0.2, 0) is 16.1 Å². The van der Waals surface area contributed by atoms with Crippen LogP contribution < -0.4 is 5.56 Å². The number of ether oxygens (including phenoxy) is 1. The topological polar surface area (TPSA) is 82.7 Å². The van der Waals surface area contributed by atoms with Crippen molar-refractivity contribution in [1.82, 2.24) is 14.8 Å². The van der Waals surface area contributed by atoms with E-state index in [4.69, 9.17) is 4.74 Å². The first kappa shape index (κ1) is 21.3. The van der Waals surface area contributed by atoms with Crippen molar-refractivity contribution in [1.29, 1.82) is 0 Å². The van der Waals surface area contributed by atoms with E-state index in [2.05, 4.69) is 4.98 Å². The largest absolute Gasteiger partial charge is 0.370 e. The maximum atomic E-state index is 13.2. The number of pyridine rings is 1. The average Bonchev–Trinajstić information content (AvgIpc) is 2.98. The first-order valence-electron chi connectivity index (χ1n) is 11.0. The summed E-state index contributed by atoms with van der Waals surface area (Å²) < 4.78 is 6.21. The predicted octanol–water partition coefficient (Wildman–Crippen LogP) is 2.58. The highest BCUT2D eigenvalue weighted by Crippen LogP contribution is 2.25. The van der Waals surface area contributed by atoms with Crippen molar-refractivity contribution < 1.29 is 14.3 Å². The standard InChI is InChI=1S/C24H29N3O4/c28-22-12-11-19(13-25-22)24(30)26-14-21(31-17-18-7-3-1-4-8-18)15-27(23(29)16-26)20-9-5-2-6-10-20/h1,3-4,7-8,11-13,20-21H,2,5-6,9-10,14-17H2,(H,25,28)/t21-/m0/s1. The summed E-state index contributed by atoms with van der Waals surface area (Å²) in [5.74, 6) is -0.307. The van der Waals surface area contributed by atoms with Crippen LogP contribution in [0.5, 0.6) is 0 Å². The van der Waals surface area contributed by atoms with Crippen LogP contribution >= 0.6 is 0 Å². The molecule has 1 aliphatic heterocycles. The molecule has 2 aromatic rings. The van der Waals surface area contributed by atoms with E-state index in [0.29, 0.717) is 25.3 Å². The normalized spacial score (nSPS) is 20.5. The highest BCUT2D eigenvalue weighted by Gasteiger charge is 2.35. The Hall–Kier alpha value is -2.93. The van der Waals surface area contributed by atoms with E-state index in [1.165, 1.54) is 24.8 Å². The maximum Gasteiger partial charge on any atom is 0.255 e. The van der Waals surface area contributed by atoms with Gasteiger partial charge in [0.25, 0.3) is 5.91 Å². The lowest BCUT2D eigenvalue weighted by atomic mass is 9.94. The van der Waals surface area contributed by atoms with Crippen LogP contribution in [0.4, 0.5) is 0 Å². The highest BCUT2D eigenvalue weighted by atomic mass is 16.5. The second-order valence-corrected chi connectivity index (χ2v) is 8.38. The van der Waals surface area contributed by atoms with Crippen molar-refractivity contribution in [2.24, 2.45) is 0 Å². The second-order valence-electron chi connectivity index (χ2n) is 8.38. The van der Waals surface area contributed by atoms with E-state index in [1.807, 2.05) is 35.2 Å². The Balaban J connectivity index is 1.53. The van der Waals surface area contributed by atoms with E-state index in [1.54, 1.807) is 4.90 Å². The Labute approximate surface area is 182 Å². The SMILES string of the molecule is O=C(c1ccc(=O)[nH]c1)N1CC(=O)N(C2CCCCC2)C[C@@H](OCc2ccccc2)C1. The molecule has 2 aliphatic rings. The molecule has 1 aromatic carbocycles. The molecule has 0 bridgehead atoms. The van der Waals surface area contributed by atoms with E-state index in [0.717, 1.165) is 31.2 Å². The van der Waals surface area contributed by atoms with E-state index < -0.39 is 0 Å². The number of nitrogens with one attached hydrogen (secondary N) is 1. The Morgan fingerprint density at radius 3 is 2.48 bits per heavy atom. The van der Waals surface area contributed by atoms with Gasteiger partial charge in [-0.05, 0) is 24.5 Å². The quantitative estimate of drug-likeness (QED) is 0.801. The van der Waals surface area contributed by atoms with Gasteiger partial charge in [-0.3, -0.25) is 14.4 Å². The van der Waals surface area contributed by atoms with Gasteiger partial charge < -0.3 is 19.5 Å². The number of rotatable bonds is 5. The molecule has 164 valence electrons. The van der Waals surface area contributed by atoms with Gasteiger partial charge in [0.1, 0.15) is 6.54 Å². The lowest BCUT2D eigenvalue weighted by Crippen LogP contribution is -2.46. The van der Waals surface area contributed by atoms with Gasteiger partial charge in [-0.25, -0.2) is 0 Å². The zero-order chi connectivity index (χ0) is 21.6. The smallest absolute Gasteiger partial charge is 0.255 e. The molecule has 7 nitrogen and oxygen atoms in total. The van der Waals surface area contributed by atoms with Crippen LogP contribution in [0.25, 0.3) is 0 Å². The Kier molecular flexibility index (Phi) is 6.82. The Bertz CT molecular complexity index is 932. The summed E-state index contributed by atoms with van der Waals surface area (Å²) in [6, 6.07) is 12.9. The minimum Gasteiger partial charge on any atom is -0.370 e. The summed E-state index contributed by atoms with van der Waals surface area (Å²) in [4.78, 5) is 43.6. The van der Waals surface area contributed by atoms with Crippen LogP contribution in [0.3, 0.4) is 0 Å². The predicted molar refractivity (Wildman–Crippen MR) is 117 cm³/mol. The van der Waals surface area contributed by atoms with Gasteiger partial charge >= 0.3 is 0 Å². The number of aromatic nitrogens is 1. The fourth-order valence-corrected chi connectivity index (χ4v) is 4.46. The highest BCUT2D eigenvalue weighted by molar-refractivity contribution is 5.96. The van der Waals surface area contributed by atoms with E-state index in [-0.39, 0.29) is 36.1 Å². The number of hydrogen-bond donors (Lipinski definition) is 1. The molecule has 31 heavy (non-hydrogen) atoms. The molecule has 1 N–H and O–H groups in total. The zero-order valence-corrected chi connectivity index (χ0v) is 17.7. The summed E-state index contributed by atoms with van der Waals surface area (Å²) in [7, 11) is 0. The lowest BCUT2D eigenvalue weighted by molar-refractivity contribution is -0.134. The van der Waals surface area contributed by atoms with Gasteiger partial charge in [-0.15, -0.1) is 0 Å². The second kappa shape index (κ2) is 9.92. The van der Waals surface area contributed by atoms with Gasteiger partial charge in [0.2, 0.25) is 11.5 Å². The van der Waals surface area contributed by atoms with Gasteiger partial charge in [0.05, 0.1) is 18.3 Å². The average molecular weight is 424 g/mol. The fraction of sp³-hybridized carbons (Fsp3) is 0.458. The Morgan fingerprint density at radius 2 is 1.77 bits per heavy atom. The van der Waals surface area contributed by atoms with Crippen molar-refractivity contribution in [3.63, 3.8) is 0 Å². The van der Waals surface area contributed by atoms with Gasteiger partial charge in [-0.1, -0.05) is 49.6 Å². The van der Waals surface area contributed by atoms with Crippen LogP contribution in [0.15, 0.2) is 53.5 Å². The minimum absolute atomic E-state index is 0.0274. The number of aromatic amines is 1. The van der Waals surface area contributed by atoms with Crippen molar-refractivity contribution in [2.75, 3.05) is 19.6 Å². The Morgan fingerprint density at radius 1 is 1.00 bits per heavy atom. The molecule has 2 amide bonds. The molecule has 1 aliphatic carbocycles. The third-order valence-corrected chi connectivity index (χ3v) is 6.13. The molecule has 1 atom stereocenters. The van der Waals surface area contributed by atoms with Crippen LogP contribution in [-0.4, -0.2) is 58.4 Å². The summed E-state index contributed by atoms with van der Waals surface area (Å²) >= 11 is 0. The van der Waals surface area contributed by atoms with Crippen molar-refractivity contribution in [2.45, 2.75) is 50.9 Å². The van der Waals surface area contributed by atoms with Gasteiger partial charge in [0, 0.05) is 31.4 Å². The third kappa shape index (κ3) is 5.41. The number of hydrogen-bond acceptors (Lipinski definition) is 4. The molecule has 7 heteroatoms. The molecule has 2 fully saturated rings. The monoisotopic (exact) mass is 423 g/mol. The van der Waals surface area contributed by atoms with Crippen LogP contribution in [0.2, 0.25) is 0 Å². The van der Waals surface area contributed by atoms with E-state index in [9.17, 15) is 14.4 Å². The lowest BCUT2D eigenvalue weighted by Gasteiger charge is -2.34. The number of nitrogens with zero attached hydrogens (tertiary/aromatic N) is 2. The molecule has 1 saturated heterocycles. The molecule has 4 rings (SSSR count). The number of benzene rings is 1.